The van der Waals surface area contributed by atoms with Crippen LogP contribution in [0.1, 0.15) is 12.0 Å². The van der Waals surface area contributed by atoms with Crippen molar-refractivity contribution in [3.63, 3.8) is 0 Å². The standard InChI is InChI=1S/C18H24N4O2S/c1-10-4-5-12-13(8-10)20-18(19-12)25-9-14(23)21-15-11-6-7-24-17(11)16(15)22(2)3/h4-5,8,11,15-17H,6-7,9H2,1-3H3,(H,19,20)(H,21,23)/t11-,15+,16-,17-/m0/s1. The summed E-state index contributed by atoms with van der Waals surface area (Å²) in [5.74, 6) is 0.882. The first-order valence-electron chi connectivity index (χ1n) is 8.69. The van der Waals surface area contributed by atoms with Crippen molar-refractivity contribution in [2.24, 2.45) is 5.92 Å². The highest BCUT2D eigenvalue weighted by molar-refractivity contribution is 7.99. The quantitative estimate of drug-likeness (QED) is 0.796. The van der Waals surface area contributed by atoms with Gasteiger partial charge in [-0.05, 0) is 45.1 Å². The van der Waals surface area contributed by atoms with Gasteiger partial charge in [-0.1, -0.05) is 17.8 Å². The molecule has 2 heterocycles. The van der Waals surface area contributed by atoms with Crippen LogP contribution in [0.3, 0.4) is 0 Å². The van der Waals surface area contributed by atoms with E-state index in [2.05, 4.69) is 33.2 Å². The summed E-state index contributed by atoms with van der Waals surface area (Å²) in [5, 5.41) is 4.00. The third-order valence-corrected chi connectivity index (χ3v) is 6.10. The summed E-state index contributed by atoms with van der Waals surface area (Å²) in [6, 6.07) is 6.58. The molecule has 6 nitrogen and oxygen atoms in total. The van der Waals surface area contributed by atoms with Gasteiger partial charge in [0.1, 0.15) is 0 Å². The summed E-state index contributed by atoms with van der Waals surface area (Å²) in [6.45, 7) is 2.86. The molecule has 1 aliphatic carbocycles. The molecule has 2 fully saturated rings. The molecule has 1 aromatic heterocycles. The fourth-order valence-corrected chi connectivity index (χ4v) is 4.71. The molecule has 1 aliphatic heterocycles. The van der Waals surface area contributed by atoms with Gasteiger partial charge in [-0.2, -0.15) is 0 Å². The van der Waals surface area contributed by atoms with Crippen LogP contribution < -0.4 is 5.32 Å². The number of carbonyl (C=O) groups is 1. The first kappa shape index (κ1) is 16.9. The van der Waals surface area contributed by atoms with Gasteiger partial charge >= 0.3 is 0 Å². The molecule has 0 unspecified atom stereocenters. The SMILES string of the molecule is Cc1ccc2nc(SCC(=O)N[C@@H]3[C@@H]4CCO[C@@H]4[C@H]3N(C)C)[nH]c2c1. The summed E-state index contributed by atoms with van der Waals surface area (Å²) in [5.41, 5.74) is 3.14. The van der Waals surface area contributed by atoms with E-state index >= 15 is 0 Å². The van der Waals surface area contributed by atoms with Crippen LogP contribution in [0.5, 0.6) is 0 Å². The molecule has 7 heteroatoms. The number of aryl methyl sites for hydroxylation is 1. The number of hydrogen-bond acceptors (Lipinski definition) is 5. The van der Waals surface area contributed by atoms with Gasteiger partial charge in [-0.15, -0.1) is 0 Å². The van der Waals surface area contributed by atoms with Crippen LogP contribution in [0.25, 0.3) is 11.0 Å². The maximum Gasteiger partial charge on any atom is 0.230 e. The molecule has 2 aromatic rings. The van der Waals surface area contributed by atoms with E-state index in [1.54, 1.807) is 0 Å². The molecular formula is C18H24N4O2S. The van der Waals surface area contributed by atoms with Crippen LogP contribution in [-0.2, 0) is 9.53 Å². The predicted molar refractivity (Wildman–Crippen MR) is 98.8 cm³/mol. The van der Waals surface area contributed by atoms with E-state index in [1.165, 1.54) is 17.3 Å². The van der Waals surface area contributed by atoms with Crippen LogP contribution in [0.15, 0.2) is 23.4 Å². The number of H-pyrrole nitrogens is 1. The number of likely N-dealkylation sites (N-methyl/N-ethyl adjacent to an activating group) is 1. The average molecular weight is 360 g/mol. The van der Waals surface area contributed by atoms with Crippen molar-refractivity contribution in [1.82, 2.24) is 20.2 Å². The predicted octanol–water partition coefficient (Wildman–Crippen LogP) is 1.80. The molecule has 1 saturated carbocycles. The van der Waals surface area contributed by atoms with E-state index in [4.69, 9.17) is 4.74 Å². The summed E-state index contributed by atoms with van der Waals surface area (Å²) >= 11 is 1.45. The van der Waals surface area contributed by atoms with Crippen LogP contribution in [0.4, 0.5) is 0 Å². The Kier molecular flexibility index (Phi) is 4.47. The number of aromatic amines is 1. The largest absolute Gasteiger partial charge is 0.376 e. The van der Waals surface area contributed by atoms with Gasteiger partial charge in [0.15, 0.2) is 5.16 Å². The van der Waals surface area contributed by atoms with Crippen LogP contribution in [0.2, 0.25) is 0 Å². The van der Waals surface area contributed by atoms with E-state index in [9.17, 15) is 4.79 Å². The Balaban J connectivity index is 1.35. The number of ether oxygens (including phenoxy) is 1. The van der Waals surface area contributed by atoms with E-state index in [-0.39, 0.29) is 24.1 Å². The second kappa shape index (κ2) is 6.63. The van der Waals surface area contributed by atoms with Crippen molar-refractivity contribution in [3.8, 4) is 0 Å². The minimum atomic E-state index is 0.0591. The maximum atomic E-state index is 12.4. The Morgan fingerprint density at radius 3 is 3.12 bits per heavy atom. The highest BCUT2D eigenvalue weighted by Crippen LogP contribution is 2.41. The van der Waals surface area contributed by atoms with Gasteiger partial charge in [0.2, 0.25) is 5.91 Å². The second-order valence-corrected chi connectivity index (χ2v) is 8.15. The zero-order valence-corrected chi connectivity index (χ0v) is 15.6. The number of hydrogen-bond donors (Lipinski definition) is 2. The van der Waals surface area contributed by atoms with Crippen LogP contribution in [-0.4, -0.2) is 65.4 Å². The number of nitrogens with one attached hydrogen (secondary N) is 2. The maximum absolute atomic E-state index is 12.4. The molecule has 2 N–H and O–H groups in total. The zero-order valence-electron chi connectivity index (χ0n) is 14.8. The fourth-order valence-electron chi connectivity index (χ4n) is 4.01. The highest BCUT2D eigenvalue weighted by atomic mass is 32.2. The lowest BCUT2D eigenvalue weighted by Crippen LogP contribution is -2.69. The van der Waals surface area contributed by atoms with Crippen molar-refractivity contribution in [1.29, 1.82) is 0 Å². The van der Waals surface area contributed by atoms with Crippen molar-refractivity contribution in [3.05, 3.63) is 23.8 Å². The number of rotatable bonds is 5. The minimum absolute atomic E-state index is 0.0591. The fraction of sp³-hybridized carbons (Fsp3) is 0.556. The van der Waals surface area contributed by atoms with Crippen LogP contribution in [0, 0.1) is 12.8 Å². The van der Waals surface area contributed by atoms with Gasteiger partial charge < -0.3 is 19.9 Å². The van der Waals surface area contributed by atoms with Crippen molar-refractivity contribution in [2.45, 2.75) is 36.7 Å². The molecule has 1 saturated heterocycles. The number of benzene rings is 1. The topological polar surface area (TPSA) is 70.2 Å². The molecule has 0 radical (unpaired) electrons. The van der Waals surface area contributed by atoms with Gasteiger partial charge in [-0.25, -0.2) is 4.98 Å². The summed E-state index contributed by atoms with van der Waals surface area (Å²) in [4.78, 5) is 22.4. The number of thioether (sulfide) groups is 1. The molecule has 2 aliphatic rings. The third-order valence-electron chi connectivity index (χ3n) is 5.23. The average Bonchev–Trinajstić information content (AvgIpc) is 3.14. The smallest absolute Gasteiger partial charge is 0.230 e. The molecule has 134 valence electrons. The third kappa shape index (κ3) is 3.16. The second-order valence-electron chi connectivity index (χ2n) is 7.19. The van der Waals surface area contributed by atoms with Crippen molar-refractivity contribution >= 4 is 28.7 Å². The Morgan fingerprint density at radius 1 is 1.48 bits per heavy atom. The molecule has 1 aromatic carbocycles. The lowest BCUT2D eigenvalue weighted by atomic mass is 9.71. The lowest BCUT2D eigenvalue weighted by molar-refractivity contribution is -0.125. The minimum Gasteiger partial charge on any atom is -0.376 e. The number of aromatic nitrogens is 2. The molecular weight excluding hydrogens is 336 g/mol. The number of fused-ring (bicyclic) bond motifs is 2. The van der Waals surface area contributed by atoms with Gasteiger partial charge in [0.05, 0.1) is 35.0 Å². The Bertz CT molecular complexity index is 790. The number of nitrogens with zero attached hydrogens (tertiary/aromatic N) is 2. The number of imidazole rings is 1. The van der Waals surface area contributed by atoms with Gasteiger partial charge in [0, 0.05) is 12.5 Å². The Hall–Kier alpha value is -1.57. The van der Waals surface area contributed by atoms with E-state index in [1.807, 2.05) is 26.2 Å². The zero-order chi connectivity index (χ0) is 17.6. The summed E-state index contributed by atoms with van der Waals surface area (Å²) in [6.07, 6.45) is 1.31. The normalized spacial score (nSPS) is 28.2. The molecule has 4 atom stereocenters. The first-order chi connectivity index (χ1) is 12.0. The molecule has 4 rings (SSSR count). The summed E-state index contributed by atoms with van der Waals surface area (Å²) in [7, 11) is 4.10. The van der Waals surface area contributed by atoms with E-state index < -0.39 is 0 Å². The van der Waals surface area contributed by atoms with Gasteiger partial charge in [0.25, 0.3) is 0 Å². The van der Waals surface area contributed by atoms with E-state index in [0.717, 1.165) is 29.2 Å². The Labute approximate surface area is 151 Å². The lowest BCUT2D eigenvalue weighted by Gasteiger charge is -2.50. The van der Waals surface area contributed by atoms with Crippen molar-refractivity contribution in [2.75, 3.05) is 26.5 Å². The molecule has 25 heavy (non-hydrogen) atoms. The highest BCUT2D eigenvalue weighted by Gasteiger charge is 2.55. The number of amides is 1. The summed E-state index contributed by atoms with van der Waals surface area (Å²) < 4.78 is 5.80. The monoisotopic (exact) mass is 360 g/mol. The van der Waals surface area contributed by atoms with Gasteiger partial charge in [-0.3, -0.25) is 4.79 Å². The Morgan fingerprint density at radius 2 is 2.32 bits per heavy atom. The molecule has 1 amide bonds. The number of carbonyl (C=O) groups excluding carboxylic acids is 1. The molecule has 0 spiro atoms. The van der Waals surface area contributed by atoms with Crippen molar-refractivity contribution < 1.29 is 9.53 Å². The van der Waals surface area contributed by atoms with E-state index in [0.29, 0.717) is 11.7 Å². The molecule has 0 bridgehead atoms. The van der Waals surface area contributed by atoms with Crippen LogP contribution >= 0.6 is 11.8 Å². The first-order valence-corrected chi connectivity index (χ1v) is 9.68.